The largest absolute Gasteiger partial charge is 0.507 e. The third-order valence-corrected chi connectivity index (χ3v) is 4.80. The molecule has 0 radical (unpaired) electrons. The van der Waals surface area contributed by atoms with Crippen LogP contribution in [0.3, 0.4) is 0 Å². The number of hydrogen-bond acceptors (Lipinski definition) is 1. The van der Waals surface area contributed by atoms with Gasteiger partial charge in [0.25, 0.3) is 0 Å². The Hall–Kier alpha value is -3.03. The van der Waals surface area contributed by atoms with Crippen molar-refractivity contribution in [2.75, 3.05) is 0 Å². The smallest absolute Gasteiger partial charge is 0.123 e. The molecule has 0 saturated heterocycles. The standard InChI is InChI=1S/C24H17ClO/c25-23-13-11-19(15-21(23)17-7-3-1-4-8-17)20-12-14-24(26)22(16-20)18-9-5-2-6-10-18/h1-16,26H. The zero-order valence-electron chi connectivity index (χ0n) is 14.1. The van der Waals surface area contributed by atoms with E-state index in [2.05, 4.69) is 18.2 Å². The molecule has 1 N–H and O–H groups in total. The van der Waals surface area contributed by atoms with Crippen molar-refractivity contribution in [3.05, 3.63) is 102 Å². The maximum absolute atomic E-state index is 10.3. The van der Waals surface area contributed by atoms with Crippen molar-refractivity contribution in [2.24, 2.45) is 0 Å². The first-order valence-corrected chi connectivity index (χ1v) is 8.84. The molecule has 0 fully saturated rings. The monoisotopic (exact) mass is 356 g/mol. The van der Waals surface area contributed by atoms with Crippen LogP contribution < -0.4 is 0 Å². The molecular formula is C24H17ClO. The first-order valence-electron chi connectivity index (χ1n) is 8.46. The molecule has 126 valence electrons. The summed E-state index contributed by atoms with van der Waals surface area (Å²) < 4.78 is 0. The van der Waals surface area contributed by atoms with Gasteiger partial charge in [0.15, 0.2) is 0 Å². The number of aromatic hydroxyl groups is 1. The van der Waals surface area contributed by atoms with Crippen LogP contribution in [0.2, 0.25) is 5.02 Å². The predicted molar refractivity (Wildman–Crippen MR) is 109 cm³/mol. The number of rotatable bonds is 3. The van der Waals surface area contributed by atoms with E-state index < -0.39 is 0 Å². The summed E-state index contributed by atoms with van der Waals surface area (Å²) in [7, 11) is 0. The van der Waals surface area contributed by atoms with Crippen LogP contribution in [0.15, 0.2) is 97.1 Å². The van der Waals surface area contributed by atoms with Crippen molar-refractivity contribution in [3.63, 3.8) is 0 Å². The van der Waals surface area contributed by atoms with Gasteiger partial charge in [-0.1, -0.05) is 84.4 Å². The van der Waals surface area contributed by atoms with Crippen molar-refractivity contribution >= 4 is 11.6 Å². The summed E-state index contributed by atoms with van der Waals surface area (Å²) in [6.45, 7) is 0. The summed E-state index contributed by atoms with van der Waals surface area (Å²) in [4.78, 5) is 0. The van der Waals surface area contributed by atoms with Crippen LogP contribution in [0.4, 0.5) is 0 Å². The number of phenolic OH excluding ortho intramolecular Hbond substituents is 1. The van der Waals surface area contributed by atoms with Crippen molar-refractivity contribution in [1.29, 1.82) is 0 Å². The summed E-state index contributed by atoms with van der Waals surface area (Å²) >= 11 is 6.43. The number of phenols is 1. The Morgan fingerprint density at radius 3 is 1.62 bits per heavy atom. The molecule has 0 unspecified atom stereocenters. The lowest BCUT2D eigenvalue weighted by molar-refractivity contribution is 0.477. The number of benzene rings is 4. The Kier molecular flexibility index (Phi) is 4.47. The Morgan fingerprint density at radius 1 is 0.500 bits per heavy atom. The molecular weight excluding hydrogens is 340 g/mol. The Labute approximate surface area is 158 Å². The molecule has 0 amide bonds. The molecule has 0 spiro atoms. The van der Waals surface area contributed by atoms with Gasteiger partial charge in [-0.2, -0.15) is 0 Å². The maximum Gasteiger partial charge on any atom is 0.123 e. The van der Waals surface area contributed by atoms with Crippen LogP contribution in [-0.2, 0) is 0 Å². The summed E-state index contributed by atoms with van der Waals surface area (Å²) in [5, 5.41) is 11.0. The fourth-order valence-electron chi connectivity index (χ4n) is 3.11. The van der Waals surface area contributed by atoms with Crippen LogP contribution in [-0.4, -0.2) is 5.11 Å². The molecule has 0 aliphatic rings. The third kappa shape index (κ3) is 3.22. The molecule has 0 aromatic heterocycles. The van der Waals surface area contributed by atoms with Crippen molar-refractivity contribution < 1.29 is 5.11 Å². The molecule has 0 atom stereocenters. The van der Waals surface area contributed by atoms with E-state index in [0.717, 1.165) is 38.4 Å². The van der Waals surface area contributed by atoms with Crippen LogP contribution >= 0.6 is 11.6 Å². The quantitative estimate of drug-likeness (QED) is 0.417. The lowest BCUT2D eigenvalue weighted by Crippen LogP contribution is -1.85. The molecule has 0 aliphatic heterocycles. The number of halogens is 1. The van der Waals surface area contributed by atoms with E-state index in [-0.39, 0.29) is 5.75 Å². The normalized spacial score (nSPS) is 10.7. The molecule has 4 aromatic carbocycles. The highest BCUT2D eigenvalue weighted by molar-refractivity contribution is 6.33. The summed E-state index contributed by atoms with van der Waals surface area (Å²) in [5.41, 5.74) is 5.99. The topological polar surface area (TPSA) is 20.2 Å². The molecule has 0 heterocycles. The van der Waals surface area contributed by atoms with E-state index in [1.807, 2.05) is 72.8 Å². The molecule has 4 aromatic rings. The fraction of sp³-hybridized carbons (Fsp3) is 0. The zero-order valence-corrected chi connectivity index (χ0v) is 14.8. The second kappa shape index (κ2) is 7.07. The molecule has 0 bridgehead atoms. The van der Waals surface area contributed by atoms with Gasteiger partial charge < -0.3 is 5.11 Å². The Balaban J connectivity index is 1.82. The molecule has 0 aliphatic carbocycles. The highest BCUT2D eigenvalue weighted by Gasteiger charge is 2.09. The fourth-order valence-corrected chi connectivity index (χ4v) is 3.33. The zero-order chi connectivity index (χ0) is 17.9. The van der Waals surface area contributed by atoms with Gasteiger partial charge in [-0.3, -0.25) is 0 Å². The van der Waals surface area contributed by atoms with E-state index in [0.29, 0.717) is 0 Å². The average Bonchev–Trinajstić information content (AvgIpc) is 2.70. The van der Waals surface area contributed by atoms with Gasteiger partial charge in [0.2, 0.25) is 0 Å². The second-order valence-corrected chi connectivity index (χ2v) is 6.57. The van der Waals surface area contributed by atoms with Crippen LogP contribution in [0, 0.1) is 0 Å². The van der Waals surface area contributed by atoms with Gasteiger partial charge in [-0.25, -0.2) is 0 Å². The minimum absolute atomic E-state index is 0.275. The van der Waals surface area contributed by atoms with Gasteiger partial charge in [0, 0.05) is 16.1 Å². The van der Waals surface area contributed by atoms with Crippen LogP contribution in [0.1, 0.15) is 0 Å². The average molecular weight is 357 g/mol. The first kappa shape index (κ1) is 16.4. The van der Waals surface area contributed by atoms with Gasteiger partial charge in [0.05, 0.1) is 0 Å². The lowest BCUT2D eigenvalue weighted by atomic mass is 9.95. The van der Waals surface area contributed by atoms with Gasteiger partial charge in [0.1, 0.15) is 5.75 Å². The second-order valence-electron chi connectivity index (χ2n) is 6.16. The highest BCUT2D eigenvalue weighted by Crippen LogP contribution is 2.36. The van der Waals surface area contributed by atoms with E-state index in [1.165, 1.54) is 0 Å². The minimum Gasteiger partial charge on any atom is -0.507 e. The van der Waals surface area contributed by atoms with E-state index >= 15 is 0 Å². The summed E-state index contributed by atoms with van der Waals surface area (Å²) in [5.74, 6) is 0.275. The van der Waals surface area contributed by atoms with Crippen molar-refractivity contribution in [1.82, 2.24) is 0 Å². The minimum atomic E-state index is 0.275. The molecule has 0 saturated carbocycles. The van der Waals surface area contributed by atoms with Crippen LogP contribution in [0.25, 0.3) is 33.4 Å². The first-order chi connectivity index (χ1) is 12.7. The van der Waals surface area contributed by atoms with E-state index in [1.54, 1.807) is 6.07 Å². The highest BCUT2D eigenvalue weighted by atomic mass is 35.5. The third-order valence-electron chi connectivity index (χ3n) is 4.47. The molecule has 26 heavy (non-hydrogen) atoms. The molecule has 2 heteroatoms. The van der Waals surface area contributed by atoms with Crippen molar-refractivity contribution in [2.45, 2.75) is 0 Å². The Morgan fingerprint density at radius 2 is 1.00 bits per heavy atom. The predicted octanol–water partition coefficient (Wildman–Crippen LogP) is 7.05. The van der Waals surface area contributed by atoms with Gasteiger partial charge in [-0.15, -0.1) is 0 Å². The number of hydrogen-bond donors (Lipinski definition) is 1. The van der Waals surface area contributed by atoms with E-state index in [9.17, 15) is 5.11 Å². The molecule has 4 rings (SSSR count). The van der Waals surface area contributed by atoms with Crippen molar-refractivity contribution in [3.8, 4) is 39.1 Å². The van der Waals surface area contributed by atoms with Crippen LogP contribution in [0.5, 0.6) is 5.75 Å². The summed E-state index contributed by atoms with van der Waals surface area (Å²) in [6.07, 6.45) is 0. The maximum atomic E-state index is 10.3. The Bertz CT molecular complexity index is 953. The molecule has 1 nitrogen and oxygen atoms in total. The van der Waals surface area contributed by atoms with Gasteiger partial charge >= 0.3 is 0 Å². The van der Waals surface area contributed by atoms with Gasteiger partial charge in [-0.05, 0) is 46.5 Å². The summed E-state index contributed by atoms with van der Waals surface area (Å²) in [6, 6.07) is 31.7. The van der Waals surface area contributed by atoms with E-state index in [4.69, 9.17) is 11.6 Å². The SMILES string of the molecule is Oc1ccc(-c2ccc(Cl)c(-c3ccccc3)c2)cc1-c1ccccc1. The lowest BCUT2D eigenvalue weighted by Gasteiger charge is -2.11.